The second kappa shape index (κ2) is 4.13. The highest BCUT2D eigenvalue weighted by Crippen LogP contribution is 2.33. The molecule has 0 amide bonds. The summed E-state index contributed by atoms with van der Waals surface area (Å²) in [5, 5.41) is 8.92. The summed E-state index contributed by atoms with van der Waals surface area (Å²) in [5.74, 6) is 0.579. The maximum atomic E-state index is 8.92. The Labute approximate surface area is 115 Å². The number of halogens is 1. The van der Waals surface area contributed by atoms with E-state index in [0.717, 1.165) is 18.9 Å². The highest BCUT2D eigenvalue weighted by molar-refractivity contribution is 14.1. The molecule has 0 aliphatic carbocycles. The monoisotopic (exact) mass is 352 g/mol. The minimum Gasteiger partial charge on any atom is -0.435 e. The average molecular weight is 352 g/mol. The molecule has 0 atom stereocenters. The molecule has 0 saturated carbocycles. The zero-order valence-electron chi connectivity index (χ0n) is 8.48. The van der Waals surface area contributed by atoms with E-state index >= 15 is 0 Å². The maximum Gasteiger partial charge on any atom is 0.237 e. The fourth-order valence-corrected chi connectivity index (χ4v) is 3.28. The van der Waals surface area contributed by atoms with Crippen molar-refractivity contribution in [2.45, 2.75) is 0 Å². The molecule has 0 saturated heterocycles. The van der Waals surface area contributed by atoms with Crippen molar-refractivity contribution in [1.82, 2.24) is 4.98 Å². The van der Waals surface area contributed by atoms with Gasteiger partial charge in [0.2, 0.25) is 5.89 Å². The van der Waals surface area contributed by atoms with Crippen LogP contribution in [0.3, 0.4) is 0 Å². The van der Waals surface area contributed by atoms with Gasteiger partial charge in [-0.2, -0.15) is 5.26 Å². The Bertz CT molecular complexity index is 705. The molecule has 0 aliphatic heterocycles. The van der Waals surface area contributed by atoms with Crippen LogP contribution in [0.25, 0.3) is 21.9 Å². The van der Waals surface area contributed by atoms with E-state index in [1.54, 1.807) is 0 Å². The Morgan fingerprint density at radius 2 is 2.18 bits per heavy atom. The molecule has 0 aliphatic rings. The number of nitriles is 1. The first-order chi connectivity index (χ1) is 8.28. The number of para-hydroxylation sites is 2. The van der Waals surface area contributed by atoms with E-state index in [4.69, 9.17) is 9.68 Å². The van der Waals surface area contributed by atoms with Crippen LogP contribution in [0, 0.1) is 14.2 Å². The Hall–Kier alpha value is -1.39. The van der Waals surface area contributed by atoms with Crippen LogP contribution in [0.4, 0.5) is 0 Å². The van der Waals surface area contributed by atoms with Gasteiger partial charge in [-0.25, -0.2) is 4.98 Å². The molecule has 82 valence electrons. The van der Waals surface area contributed by atoms with Gasteiger partial charge in [-0.1, -0.05) is 12.1 Å². The van der Waals surface area contributed by atoms with Crippen LogP contribution in [0.15, 0.2) is 34.7 Å². The van der Waals surface area contributed by atoms with Gasteiger partial charge in [-0.15, -0.1) is 11.3 Å². The van der Waals surface area contributed by atoms with Gasteiger partial charge in [-0.3, -0.25) is 0 Å². The number of nitrogens with zero attached hydrogens (tertiary/aromatic N) is 2. The third-order valence-corrected chi connectivity index (χ3v) is 4.47. The third-order valence-electron chi connectivity index (χ3n) is 2.31. The van der Waals surface area contributed by atoms with E-state index in [1.165, 1.54) is 11.3 Å². The Kier molecular flexibility index (Phi) is 2.61. The van der Waals surface area contributed by atoms with Crippen molar-refractivity contribution < 1.29 is 4.42 Å². The number of benzene rings is 1. The van der Waals surface area contributed by atoms with Crippen LogP contribution in [-0.2, 0) is 0 Å². The summed E-state index contributed by atoms with van der Waals surface area (Å²) in [6.45, 7) is 0. The fraction of sp³-hybridized carbons (Fsp3) is 0. The topological polar surface area (TPSA) is 49.8 Å². The van der Waals surface area contributed by atoms with Crippen molar-refractivity contribution in [2.75, 3.05) is 0 Å². The Balaban J connectivity index is 2.17. The van der Waals surface area contributed by atoms with E-state index in [1.807, 2.05) is 30.3 Å². The van der Waals surface area contributed by atoms with Crippen LogP contribution < -0.4 is 0 Å². The molecule has 2 heterocycles. The molecule has 3 nitrogen and oxygen atoms in total. The maximum absolute atomic E-state index is 8.92. The first-order valence-electron chi connectivity index (χ1n) is 4.83. The quantitative estimate of drug-likeness (QED) is 0.622. The average Bonchev–Trinajstić information content (AvgIpc) is 2.91. The molecule has 0 N–H and O–H groups in total. The summed E-state index contributed by atoms with van der Waals surface area (Å²) < 4.78 is 6.61. The van der Waals surface area contributed by atoms with Crippen LogP contribution >= 0.6 is 33.9 Å². The highest BCUT2D eigenvalue weighted by atomic mass is 127. The summed E-state index contributed by atoms with van der Waals surface area (Å²) in [6.07, 6.45) is 0. The first kappa shape index (κ1) is 10.7. The van der Waals surface area contributed by atoms with Crippen LogP contribution in [0.5, 0.6) is 0 Å². The molecular weight excluding hydrogens is 347 g/mol. The van der Waals surface area contributed by atoms with Crippen molar-refractivity contribution in [2.24, 2.45) is 0 Å². The fourth-order valence-electron chi connectivity index (χ4n) is 1.53. The minimum absolute atomic E-state index is 0.579. The number of oxazole rings is 1. The molecule has 2 aromatic heterocycles. The molecule has 1 aromatic carbocycles. The van der Waals surface area contributed by atoms with Gasteiger partial charge in [0.1, 0.15) is 11.6 Å². The zero-order chi connectivity index (χ0) is 11.8. The minimum atomic E-state index is 0.579. The van der Waals surface area contributed by atoms with Crippen molar-refractivity contribution in [3.63, 3.8) is 0 Å². The van der Waals surface area contributed by atoms with Crippen molar-refractivity contribution in [3.05, 3.63) is 38.8 Å². The Morgan fingerprint density at radius 1 is 1.35 bits per heavy atom. The van der Waals surface area contributed by atoms with Gasteiger partial charge in [0.15, 0.2) is 5.58 Å². The number of aromatic nitrogens is 1. The number of hydrogen-bond acceptors (Lipinski definition) is 4. The predicted molar refractivity (Wildman–Crippen MR) is 74.8 cm³/mol. The molecule has 0 bridgehead atoms. The molecular formula is C12H5IN2OS. The lowest BCUT2D eigenvalue weighted by Gasteiger charge is -1.84. The number of rotatable bonds is 1. The Morgan fingerprint density at radius 3 is 2.88 bits per heavy atom. The van der Waals surface area contributed by atoms with E-state index in [-0.39, 0.29) is 0 Å². The second-order valence-corrected chi connectivity index (χ2v) is 6.26. The standard InChI is InChI=1S/C12H5IN2OS/c13-11-7(6-14)5-10(17-11)12-15-8-3-1-2-4-9(8)16-12/h1-5H. The van der Waals surface area contributed by atoms with Crippen LogP contribution in [0.2, 0.25) is 0 Å². The van der Waals surface area contributed by atoms with E-state index in [9.17, 15) is 0 Å². The van der Waals surface area contributed by atoms with E-state index < -0.39 is 0 Å². The normalized spacial score (nSPS) is 10.6. The van der Waals surface area contributed by atoms with E-state index in [0.29, 0.717) is 11.5 Å². The molecule has 0 radical (unpaired) electrons. The summed E-state index contributed by atoms with van der Waals surface area (Å²) in [4.78, 5) is 5.29. The molecule has 17 heavy (non-hydrogen) atoms. The summed E-state index contributed by atoms with van der Waals surface area (Å²) >= 11 is 3.67. The van der Waals surface area contributed by atoms with Crippen molar-refractivity contribution >= 4 is 45.0 Å². The number of hydrogen-bond donors (Lipinski definition) is 0. The summed E-state index contributed by atoms with van der Waals surface area (Å²) in [7, 11) is 0. The largest absolute Gasteiger partial charge is 0.435 e. The zero-order valence-corrected chi connectivity index (χ0v) is 11.4. The van der Waals surface area contributed by atoms with Crippen LogP contribution in [-0.4, -0.2) is 4.98 Å². The molecule has 5 heteroatoms. The molecule has 0 spiro atoms. The van der Waals surface area contributed by atoms with Gasteiger partial charge in [0.25, 0.3) is 0 Å². The predicted octanol–water partition coefficient (Wildman–Crippen LogP) is 4.03. The molecule has 0 fully saturated rings. The number of fused-ring (bicyclic) bond motifs is 1. The van der Waals surface area contributed by atoms with E-state index in [2.05, 4.69) is 33.6 Å². The molecule has 0 unspecified atom stereocenters. The van der Waals surface area contributed by atoms with Gasteiger partial charge < -0.3 is 4.42 Å². The summed E-state index contributed by atoms with van der Waals surface area (Å²) in [5.41, 5.74) is 2.28. The highest BCUT2D eigenvalue weighted by Gasteiger charge is 2.13. The first-order valence-corrected chi connectivity index (χ1v) is 6.73. The lowest BCUT2D eigenvalue weighted by atomic mass is 10.3. The van der Waals surface area contributed by atoms with Gasteiger partial charge in [0.05, 0.1) is 13.3 Å². The SMILES string of the molecule is N#Cc1cc(-c2nc3ccccc3o2)sc1I. The number of thiophene rings is 1. The van der Waals surface area contributed by atoms with Gasteiger partial charge in [-0.05, 0) is 40.8 Å². The molecule has 3 rings (SSSR count). The molecule has 3 aromatic rings. The lowest BCUT2D eigenvalue weighted by Crippen LogP contribution is -1.70. The van der Waals surface area contributed by atoms with Gasteiger partial charge >= 0.3 is 0 Å². The summed E-state index contributed by atoms with van der Waals surface area (Å²) in [6, 6.07) is 11.6. The smallest absolute Gasteiger partial charge is 0.237 e. The second-order valence-electron chi connectivity index (χ2n) is 3.40. The van der Waals surface area contributed by atoms with Crippen LogP contribution in [0.1, 0.15) is 5.56 Å². The lowest BCUT2D eigenvalue weighted by molar-refractivity contribution is 0.621. The van der Waals surface area contributed by atoms with Gasteiger partial charge in [0, 0.05) is 0 Å². The van der Waals surface area contributed by atoms with Crippen molar-refractivity contribution in [1.29, 1.82) is 5.26 Å². The van der Waals surface area contributed by atoms with Crippen molar-refractivity contribution in [3.8, 4) is 16.8 Å². The third kappa shape index (κ3) is 1.83.